The number of rotatable bonds is 4. The molecule has 0 aliphatic carbocycles. The molecule has 2 aromatic carbocycles. The molecule has 4 rings (SSSR count). The predicted octanol–water partition coefficient (Wildman–Crippen LogP) is 3.97. The number of pyridine rings is 1. The number of hydrogen-bond acceptors (Lipinski definition) is 4. The van der Waals surface area contributed by atoms with E-state index in [-0.39, 0.29) is 10.9 Å². The van der Waals surface area contributed by atoms with E-state index < -0.39 is 10.0 Å². The van der Waals surface area contributed by atoms with Crippen molar-refractivity contribution in [2.75, 3.05) is 4.72 Å². The van der Waals surface area contributed by atoms with Gasteiger partial charge in [0.15, 0.2) is 5.65 Å². The van der Waals surface area contributed by atoms with Crippen LogP contribution in [0.3, 0.4) is 0 Å². The molecule has 0 saturated carbocycles. The summed E-state index contributed by atoms with van der Waals surface area (Å²) in [6.45, 7) is 4.04. The van der Waals surface area contributed by atoms with Crippen LogP contribution < -0.4 is 4.72 Å². The fourth-order valence-corrected chi connectivity index (χ4v) is 3.99. The highest BCUT2D eigenvalue weighted by molar-refractivity contribution is 7.92. The molecule has 0 amide bonds. The van der Waals surface area contributed by atoms with Crippen LogP contribution in [0, 0.1) is 0 Å². The average Bonchev–Trinajstić information content (AvgIpc) is 3.04. The number of anilines is 1. The van der Waals surface area contributed by atoms with Crippen LogP contribution in [0.2, 0.25) is 0 Å². The maximum atomic E-state index is 12.7. The topological polar surface area (TPSA) is 76.9 Å². The number of nitrogens with zero attached hydrogens (tertiary/aromatic N) is 3. The maximum absolute atomic E-state index is 12.7. The molecule has 0 fully saturated rings. The van der Waals surface area contributed by atoms with Crippen LogP contribution >= 0.6 is 0 Å². The molecule has 0 atom stereocenters. The molecular weight excluding hydrogens is 348 g/mol. The molecule has 2 aromatic heterocycles. The van der Waals surface area contributed by atoms with E-state index in [4.69, 9.17) is 0 Å². The first kappa shape index (κ1) is 16.5. The van der Waals surface area contributed by atoms with Gasteiger partial charge in [-0.15, -0.1) is 0 Å². The lowest BCUT2D eigenvalue weighted by atomic mass is 10.1. The lowest BCUT2D eigenvalue weighted by Gasteiger charge is -2.10. The van der Waals surface area contributed by atoms with E-state index >= 15 is 0 Å². The zero-order chi connectivity index (χ0) is 18.3. The first-order chi connectivity index (χ1) is 12.4. The van der Waals surface area contributed by atoms with Crippen molar-refractivity contribution >= 4 is 37.5 Å². The first-order valence-corrected chi connectivity index (χ1v) is 9.77. The van der Waals surface area contributed by atoms with Gasteiger partial charge in [0.1, 0.15) is 0 Å². The molecule has 0 aliphatic heterocycles. The highest BCUT2D eigenvalue weighted by Crippen LogP contribution is 2.23. The Labute approximate surface area is 151 Å². The smallest absolute Gasteiger partial charge is 0.261 e. The van der Waals surface area contributed by atoms with Crippen molar-refractivity contribution in [3.05, 3.63) is 60.9 Å². The van der Waals surface area contributed by atoms with Crippen LogP contribution in [0.1, 0.15) is 19.9 Å². The SMILES string of the molecule is CC(C)n1ncc2cc(NS(=O)(=O)c3ccc4ccccc4c3)cnc21. The largest absolute Gasteiger partial charge is 0.278 e. The Balaban J connectivity index is 1.69. The van der Waals surface area contributed by atoms with Crippen molar-refractivity contribution in [3.63, 3.8) is 0 Å². The highest BCUT2D eigenvalue weighted by atomic mass is 32.2. The number of sulfonamides is 1. The highest BCUT2D eigenvalue weighted by Gasteiger charge is 2.16. The van der Waals surface area contributed by atoms with Gasteiger partial charge in [0.2, 0.25) is 0 Å². The Bertz CT molecular complexity index is 1210. The molecule has 0 saturated heterocycles. The Kier molecular flexibility index (Phi) is 3.88. The van der Waals surface area contributed by atoms with Crippen molar-refractivity contribution in [1.82, 2.24) is 14.8 Å². The molecule has 1 N–H and O–H groups in total. The van der Waals surface area contributed by atoms with Gasteiger partial charge >= 0.3 is 0 Å². The second-order valence-electron chi connectivity index (χ2n) is 6.43. The quantitative estimate of drug-likeness (QED) is 0.593. The van der Waals surface area contributed by atoms with Crippen LogP contribution in [-0.2, 0) is 10.0 Å². The third-order valence-electron chi connectivity index (χ3n) is 4.21. The number of nitrogens with one attached hydrogen (secondary N) is 1. The molecule has 0 unspecified atom stereocenters. The molecule has 0 radical (unpaired) electrons. The molecule has 4 aromatic rings. The second-order valence-corrected chi connectivity index (χ2v) is 8.12. The Hall–Kier alpha value is -2.93. The van der Waals surface area contributed by atoms with Crippen LogP contribution in [0.25, 0.3) is 21.8 Å². The Morgan fingerprint density at radius 2 is 1.73 bits per heavy atom. The zero-order valence-corrected chi connectivity index (χ0v) is 15.2. The fraction of sp³-hybridized carbons (Fsp3) is 0.158. The average molecular weight is 366 g/mol. The third-order valence-corrected chi connectivity index (χ3v) is 5.58. The van der Waals surface area contributed by atoms with Crippen LogP contribution in [0.5, 0.6) is 0 Å². The standard InChI is InChI=1S/C19H18N4O2S/c1-13(2)23-19-16(11-21-23)9-17(12-20-19)22-26(24,25)18-8-7-14-5-3-4-6-15(14)10-18/h3-13,22H,1-2H3. The third kappa shape index (κ3) is 2.90. The minimum Gasteiger partial charge on any atom is -0.278 e. The Morgan fingerprint density at radius 1 is 0.962 bits per heavy atom. The maximum Gasteiger partial charge on any atom is 0.261 e. The number of aromatic nitrogens is 3. The van der Waals surface area contributed by atoms with E-state index in [9.17, 15) is 8.42 Å². The van der Waals surface area contributed by atoms with E-state index in [2.05, 4.69) is 14.8 Å². The van der Waals surface area contributed by atoms with E-state index in [1.807, 2.05) is 38.1 Å². The Morgan fingerprint density at radius 3 is 2.50 bits per heavy atom. The van der Waals surface area contributed by atoms with E-state index in [1.165, 1.54) is 6.20 Å². The molecule has 7 heteroatoms. The first-order valence-electron chi connectivity index (χ1n) is 8.29. The lowest BCUT2D eigenvalue weighted by Crippen LogP contribution is -2.13. The predicted molar refractivity (Wildman–Crippen MR) is 103 cm³/mol. The number of benzene rings is 2. The summed E-state index contributed by atoms with van der Waals surface area (Å²) in [5, 5.41) is 6.96. The van der Waals surface area contributed by atoms with Gasteiger partial charge in [-0.1, -0.05) is 30.3 Å². The molecule has 26 heavy (non-hydrogen) atoms. The summed E-state index contributed by atoms with van der Waals surface area (Å²) in [7, 11) is -3.70. The van der Waals surface area contributed by atoms with Gasteiger partial charge < -0.3 is 0 Å². The summed E-state index contributed by atoms with van der Waals surface area (Å²) in [6.07, 6.45) is 3.21. The summed E-state index contributed by atoms with van der Waals surface area (Å²) in [6, 6.07) is 14.6. The summed E-state index contributed by atoms with van der Waals surface area (Å²) in [5.41, 5.74) is 1.14. The lowest BCUT2D eigenvalue weighted by molar-refractivity contribution is 0.546. The second kappa shape index (κ2) is 6.10. The van der Waals surface area contributed by atoms with Gasteiger partial charge in [-0.2, -0.15) is 5.10 Å². The van der Waals surface area contributed by atoms with Crippen LogP contribution in [0.4, 0.5) is 5.69 Å². The normalized spacial score (nSPS) is 12.1. The minimum atomic E-state index is -3.70. The van der Waals surface area contributed by atoms with Gasteiger partial charge in [-0.05, 0) is 42.8 Å². The monoisotopic (exact) mass is 366 g/mol. The van der Waals surface area contributed by atoms with Crippen molar-refractivity contribution in [1.29, 1.82) is 0 Å². The summed E-state index contributed by atoms with van der Waals surface area (Å²) in [4.78, 5) is 4.58. The molecule has 0 bridgehead atoms. The molecular formula is C19H18N4O2S. The van der Waals surface area contributed by atoms with Gasteiger partial charge in [0.05, 0.1) is 23.0 Å². The van der Waals surface area contributed by atoms with E-state index in [0.717, 1.165) is 21.8 Å². The number of hydrogen-bond donors (Lipinski definition) is 1. The summed E-state index contributed by atoms with van der Waals surface area (Å²) >= 11 is 0. The van der Waals surface area contributed by atoms with Crippen molar-refractivity contribution in [2.24, 2.45) is 0 Å². The van der Waals surface area contributed by atoms with Crippen LogP contribution in [-0.4, -0.2) is 23.2 Å². The minimum absolute atomic E-state index is 0.181. The van der Waals surface area contributed by atoms with E-state index in [0.29, 0.717) is 5.69 Å². The summed E-state index contributed by atoms with van der Waals surface area (Å²) in [5.74, 6) is 0. The van der Waals surface area contributed by atoms with Crippen molar-refractivity contribution < 1.29 is 8.42 Å². The van der Waals surface area contributed by atoms with Gasteiger partial charge in [0, 0.05) is 11.4 Å². The van der Waals surface area contributed by atoms with Gasteiger partial charge in [-0.3, -0.25) is 4.72 Å². The molecule has 132 valence electrons. The van der Waals surface area contributed by atoms with Crippen molar-refractivity contribution in [3.8, 4) is 0 Å². The fourth-order valence-electron chi connectivity index (χ4n) is 2.92. The van der Waals surface area contributed by atoms with E-state index in [1.54, 1.807) is 35.1 Å². The molecule has 0 aliphatic rings. The summed E-state index contributed by atoms with van der Waals surface area (Å²) < 4.78 is 29.9. The number of fused-ring (bicyclic) bond motifs is 2. The molecule has 6 nitrogen and oxygen atoms in total. The van der Waals surface area contributed by atoms with Crippen LogP contribution in [0.15, 0.2) is 65.8 Å². The zero-order valence-electron chi connectivity index (χ0n) is 14.4. The van der Waals surface area contributed by atoms with Gasteiger partial charge in [0.25, 0.3) is 10.0 Å². The molecule has 2 heterocycles. The van der Waals surface area contributed by atoms with Gasteiger partial charge in [-0.25, -0.2) is 18.1 Å². The molecule has 0 spiro atoms. The van der Waals surface area contributed by atoms with Crippen molar-refractivity contribution in [2.45, 2.75) is 24.8 Å².